The van der Waals surface area contributed by atoms with E-state index in [-0.39, 0.29) is 5.91 Å². The SMILES string of the molecule is CCN1CCN(C(=O)c2ccnc(Nc3cccc4cccnc34)c2)CC1. The van der Waals surface area contributed by atoms with Crippen LogP contribution in [-0.4, -0.2) is 58.4 Å². The second-order valence-corrected chi connectivity index (χ2v) is 6.66. The molecule has 27 heavy (non-hydrogen) atoms. The van der Waals surface area contributed by atoms with Gasteiger partial charge in [0.05, 0.1) is 11.2 Å². The van der Waals surface area contributed by atoms with E-state index in [1.165, 1.54) is 0 Å². The van der Waals surface area contributed by atoms with Crippen LogP contribution in [0.1, 0.15) is 17.3 Å². The number of nitrogens with one attached hydrogen (secondary N) is 1. The van der Waals surface area contributed by atoms with E-state index in [0.717, 1.165) is 49.3 Å². The molecule has 1 aromatic carbocycles. The lowest BCUT2D eigenvalue weighted by Crippen LogP contribution is -2.48. The number of para-hydroxylation sites is 1. The van der Waals surface area contributed by atoms with Crippen molar-refractivity contribution in [3.8, 4) is 0 Å². The van der Waals surface area contributed by atoms with Crippen molar-refractivity contribution in [1.29, 1.82) is 0 Å². The highest BCUT2D eigenvalue weighted by Gasteiger charge is 2.21. The number of pyridine rings is 2. The van der Waals surface area contributed by atoms with Gasteiger partial charge in [0.25, 0.3) is 5.91 Å². The molecule has 0 atom stereocenters. The van der Waals surface area contributed by atoms with Crippen LogP contribution in [0.3, 0.4) is 0 Å². The Morgan fingerprint density at radius 1 is 1.04 bits per heavy atom. The topological polar surface area (TPSA) is 61.4 Å². The van der Waals surface area contributed by atoms with Crippen LogP contribution in [0.2, 0.25) is 0 Å². The van der Waals surface area contributed by atoms with Gasteiger partial charge in [0.2, 0.25) is 0 Å². The Balaban J connectivity index is 1.53. The van der Waals surface area contributed by atoms with Crippen LogP contribution in [0.4, 0.5) is 11.5 Å². The average molecular weight is 361 g/mol. The molecule has 0 spiro atoms. The van der Waals surface area contributed by atoms with E-state index >= 15 is 0 Å². The highest BCUT2D eigenvalue weighted by Crippen LogP contribution is 2.24. The van der Waals surface area contributed by atoms with Gasteiger partial charge in [-0.25, -0.2) is 4.98 Å². The summed E-state index contributed by atoms with van der Waals surface area (Å²) in [6.07, 6.45) is 3.45. The van der Waals surface area contributed by atoms with Crippen molar-refractivity contribution in [2.45, 2.75) is 6.92 Å². The summed E-state index contributed by atoms with van der Waals surface area (Å²) < 4.78 is 0. The van der Waals surface area contributed by atoms with E-state index in [0.29, 0.717) is 11.4 Å². The van der Waals surface area contributed by atoms with Crippen LogP contribution in [0.25, 0.3) is 10.9 Å². The third kappa shape index (κ3) is 3.75. The van der Waals surface area contributed by atoms with Gasteiger partial charge in [0, 0.05) is 49.5 Å². The molecule has 0 radical (unpaired) electrons. The summed E-state index contributed by atoms with van der Waals surface area (Å²) in [5.74, 6) is 0.707. The molecular formula is C21H23N5O. The van der Waals surface area contributed by atoms with Gasteiger partial charge in [-0.15, -0.1) is 0 Å². The number of benzene rings is 1. The molecule has 1 aliphatic heterocycles. The summed E-state index contributed by atoms with van der Waals surface area (Å²) in [5, 5.41) is 4.37. The Morgan fingerprint density at radius 2 is 1.85 bits per heavy atom. The zero-order valence-electron chi connectivity index (χ0n) is 15.4. The molecule has 1 amide bonds. The van der Waals surface area contributed by atoms with Gasteiger partial charge < -0.3 is 15.1 Å². The molecule has 138 valence electrons. The monoisotopic (exact) mass is 361 g/mol. The molecule has 3 aromatic rings. The Labute approximate surface area is 158 Å². The molecule has 2 aromatic heterocycles. The van der Waals surface area contributed by atoms with Crippen LogP contribution >= 0.6 is 0 Å². The maximum absolute atomic E-state index is 12.9. The molecule has 6 heteroatoms. The zero-order chi connectivity index (χ0) is 18.6. The van der Waals surface area contributed by atoms with E-state index < -0.39 is 0 Å². The minimum Gasteiger partial charge on any atom is -0.338 e. The number of carbonyl (C=O) groups excluding carboxylic acids is 1. The maximum atomic E-state index is 12.9. The lowest BCUT2D eigenvalue weighted by molar-refractivity contribution is 0.0643. The van der Waals surface area contributed by atoms with E-state index in [9.17, 15) is 4.79 Å². The molecule has 1 N–H and O–H groups in total. The summed E-state index contributed by atoms with van der Waals surface area (Å²) in [7, 11) is 0. The van der Waals surface area contributed by atoms with Crippen LogP contribution in [0.15, 0.2) is 54.9 Å². The number of piperazine rings is 1. The van der Waals surface area contributed by atoms with Gasteiger partial charge in [-0.3, -0.25) is 9.78 Å². The second-order valence-electron chi connectivity index (χ2n) is 6.66. The number of hydrogen-bond donors (Lipinski definition) is 1. The fraction of sp³-hybridized carbons (Fsp3) is 0.286. The normalized spacial score (nSPS) is 15.1. The lowest BCUT2D eigenvalue weighted by atomic mass is 10.2. The fourth-order valence-corrected chi connectivity index (χ4v) is 3.42. The predicted octanol–water partition coefficient (Wildman–Crippen LogP) is 3.15. The number of aromatic nitrogens is 2. The summed E-state index contributed by atoms with van der Waals surface area (Å²) >= 11 is 0. The summed E-state index contributed by atoms with van der Waals surface area (Å²) in [6, 6.07) is 13.5. The van der Waals surface area contributed by atoms with Gasteiger partial charge in [0.15, 0.2) is 0 Å². The molecule has 0 bridgehead atoms. The first-order chi connectivity index (χ1) is 13.2. The molecule has 4 rings (SSSR count). The average Bonchev–Trinajstić information content (AvgIpc) is 2.74. The number of rotatable bonds is 4. The van der Waals surface area contributed by atoms with Gasteiger partial charge in [-0.05, 0) is 30.8 Å². The number of anilines is 2. The molecule has 1 saturated heterocycles. The van der Waals surface area contributed by atoms with Gasteiger partial charge in [0.1, 0.15) is 5.82 Å². The summed E-state index contributed by atoms with van der Waals surface area (Å²) in [6.45, 7) is 6.58. The standard InChI is InChI=1S/C21H23N5O/c1-2-25-11-13-26(14-12-25)21(27)17-8-10-22-19(15-17)24-18-7-3-5-16-6-4-9-23-20(16)18/h3-10,15H,2,11-14H2,1H3,(H,22,24). The third-order valence-corrected chi connectivity index (χ3v) is 5.01. The Bertz CT molecular complexity index is 945. The van der Waals surface area contributed by atoms with E-state index in [1.807, 2.05) is 41.3 Å². The van der Waals surface area contributed by atoms with Crippen LogP contribution in [0, 0.1) is 0 Å². The number of likely N-dealkylation sites (N-methyl/N-ethyl adjacent to an activating group) is 1. The highest BCUT2D eigenvalue weighted by atomic mass is 16.2. The summed E-state index contributed by atoms with van der Waals surface area (Å²) in [5.41, 5.74) is 2.42. The Morgan fingerprint density at radius 3 is 2.67 bits per heavy atom. The number of fused-ring (bicyclic) bond motifs is 1. The Kier molecular flexibility index (Phi) is 4.98. The third-order valence-electron chi connectivity index (χ3n) is 5.01. The predicted molar refractivity (Wildman–Crippen MR) is 107 cm³/mol. The zero-order valence-corrected chi connectivity index (χ0v) is 15.4. The molecular weight excluding hydrogens is 338 g/mol. The molecule has 3 heterocycles. The van der Waals surface area contributed by atoms with E-state index in [2.05, 4.69) is 27.1 Å². The number of nitrogens with zero attached hydrogens (tertiary/aromatic N) is 4. The van der Waals surface area contributed by atoms with Crippen LogP contribution < -0.4 is 5.32 Å². The van der Waals surface area contributed by atoms with Crippen molar-refractivity contribution >= 4 is 28.3 Å². The van der Waals surface area contributed by atoms with Gasteiger partial charge in [-0.1, -0.05) is 25.1 Å². The molecule has 6 nitrogen and oxygen atoms in total. The molecule has 0 aliphatic carbocycles. The van der Waals surface area contributed by atoms with Crippen molar-refractivity contribution in [1.82, 2.24) is 19.8 Å². The first-order valence-corrected chi connectivity index (χ1v) is 9.33. The van der Waals surface area contributed by atoms with Crippen molar-refractivity contribution in [3.05, 3.63) is 60.4 Å². The first-order valence-electron chi connectivity index (χ1n) is 9.33. The quantitative estimate of drug-likeness (QED) is 0.773. The first kappa shape index (κ1) is 17.4. The second kappa shape index (κ2) is 7.72. The van der Waals surface area contributed by atoms with Crippen LogP contribution in [0.5, 0.6) is 0 Å². The van der Waals surface area contributed by atoms with E-state index in [4.69, 9.17) is 0 Å². The lowest BCUT2D eigenvalue weighted by Gasteiger charge is -2.34. The highest BCUT2D eigenvalue weighted by molar-refractivity contribution is 5.96. The minimum atomic E-state index is 0.0623. The van der Waals surface area contributed by atoms with Crippen molar-refractivity contribution < 1.29 is 4.79 Å². The Hall–Kier alpha value is -2.99. The maximum Gasteiger partial charge on any atom is 0.254 e. The number of hydrogen-bond acceptors (Lipinski definition) is 5. The number of carbonyl (C=O) groups is 1. The number of amides is 1. The van der Waals surface area contributed by atoms with Crippen molar-refractivity contribution in [2.24, 2.45) is 0 Å². The van der Waals surface area contributed by atoms with Crippen molar-refractivity contribution in [3.63, 3.8) is 0 Å². The van der Waals surface area contributed by atoms with Gasteiger partial charge >= 0.3 is 0 Å². The summed E-state index contributed by atoms with van der Waals surface area (Å²) in [4.78, 5) is 26.0. The van der Waals surface area contributed by atoms with Crippen LogP contribution in [-0.2, 0) is 0 Å². The van der Waals surface area contributed by atoms with Gasteiger partial charge in [-0.2, -0.15) is 0 Å². The molecule has 0 saturated carbocycles. The van der Waals surface area contributed by atoms with E-state index in [1.54, 1.807) is 18.5 Å². The molecule has 0 unspecified atom stereocenters. The largest absolute Gasteiger partial charge is 0.338 e. The smallest absolute Gasteiger partial charge is 0.254 e. The van der Waals surface area contributed by atoms with Crippen molar-refractivity contribution in [2.75, 3.05) is 38.0 Å². The molecule has 1 aliphatic rings. The minimum absolute atomic E-state index is 0.0623. The fourth-order valence-electron chi connectivity index (χ4n) is 3.42. The molecule has 1 fully saturated rings.